The Labute approximate surface area is 164 Å². The first-order valence-corrected chi connectivity index (χ1v) is 10.8. The van der Waals surface area contributed by atoms with Crippen LogP contribution in [0.25, 0.3) is 0 Å². The topological polar surface area (TPSA) is 76.0 Å². The van der Waals surface area contributed by atoms with Crippen LogP contribution in [0.5, 0.6) is 5.75 Å². The Morgan fingerprint density at radius 2 is 1.96 bits per heavy atom. The Hall–Kier alpha value is -2.67. The third-order valence-corrected chi connectivity index (χ3v) is 6.53. The highest BCUT2D eigenvalue weighted by Crippen LogP contribution is 2.30. The van der Waals surface area contributed by atoms with Crippen molar-refractivity contribution in [3.63, 3.8) is 0 Å². The van der Waals surface area contributed by atoms with Crippen LogP contribution in [0.1, 0.15) is 29.5 Å². The first-order valence-electron chi connectivity index (χ1n) is 9.33. The Morgan fingerprint density at radius 1 is 1.18 bits per heavy atom. The molecule has 0 bridgehead atoms. The van der Waals surface area contributed by atoms with E-state index in [1.807, 2.05) is 36.9 Å². The Kier molecular flexibility index (Phi) is 4.71. The van der Waals surface area contributed by atoms with Gasteiger partial charge in [-0.15, -0.1) is 4.40 Å². The van der Waals surface area contributed by atoms with Gasteiger partial charge in [0.2, 0.25) is 0 Å². The highest BCUT2D eigenvalue weighted by atomic mass is 32.2. The second-order valence-corrected chi connectivity index (χ2v) is 8.93. The lowest BCUT2D eigenvalue weighted by atomic mass is 9.97. The average Bonchev–Trinajstić information content (AvgIpc) is 2.96. The van der Waals surface area contributed by atoms with E-state index in [9.17, 15) is 13.2 Å². The van der Waals surface area contributed by atoms with E-state index in [0.29, 0.717) is 36.7 Å². The van der Waals surface area contributed by atoms with Gasteiger partial charge < -0.3 is 9.64 Å². The summed E-state index contributed by atoms with van der Waals surface area (Å²) in [7, 11) is -3.67. The number of carbonyl (C=O) groups excluding carboxylic acids is 1. The number of nitrogens with zero attached hydrogens (tertiary/aromatic N) is 2. The van der Waals surface area contributed by atoms with Crippen molar-refractivity contribution in [3.8, 4) is 5.75 Å². The maximum absolute atomic E-state index is 12.7. The third kappa shape index (κ3) is 3.42. The normalized spacial score (nSPS) is 20.4. The van der Waals surface area contributed by atoms with Crippen molar-refractivity contribution in [1.82, 2.24) is 4.90 Å². The van der Waals surface area contributed by atoms with E-state index < -0.39 is 10.0 Å². The molecule has 28 heavy (non-hydrogen) atoms. The summed E-state index contributed by atoms with van der Waals surface area (Å²) in [5.74, 6) is 0.387. The number of hydrogen-bond donors (Lipinski definition) is 0. The highest BCUT2D eigenvalue weighted by Gasteiger charge is 2.35. The standard InChI is InChI=1S/C21H22N2O4S/c1-14-9-10-18(15(2)12-14)27-21(24)16-6-5-11-23(13-16)20-17-7-3-4-8-19(17)28(25,26)22-20/h3-4,7-10,12,16H,5-6,11,13H2,1-2H3. The molecular formula is C21H22N2O4S. The molecule has 6 nitrogen and oxygen atoms in total. The summed E-state index contributed by atoms with van der Waals surface area (Å²) in [5, 5.41) is 0. The van der Waals surface area contributed by atoms with Crippen LogP contribution in [0.15, 0.2) is 51.8 Å². The summed E-state index contributed by atoms with van der Waals surface area (Å²) in [6.07, 6.45) is 1.48. The van der Waals surface area contributed by atoms with Crippen LogP contribution in [0.4, 0.5) is 0 Å². The van der Waals surface area contributed by atoms with Gasteiger partial charge in [0, 0.05) is 18.7 Å². The van der Waals surface area contributed by atoms with E-state index in [4.69, 9.17) is 4.74 Å². The van der Waals surface area contributed by atoms with Gasteiger partial charge in [-0.3, -0.25) is 4.79 Å². The zero-order valence-electron chi connectivity index (χ0n) is 15.9. The molecule has 2 aromatic carbocycles. The second kappa shape index (κ2) is 7.05. The number of benzene rings is 2. The number of piperidine rings is 1. The number of esters is 1. The van der Waals surface area contributed by atoms with Gasteiger partial charge in [0.05, 0.1) is 5.92 Å². The monoisotopic (exact) mass is 398 g/mol. The molecule has 1 unspecified atom stereocenters. The number of amidine groups is 1. The predicted molar refractivity (Wildman–Crippen MR) is 106 cm³/mol. The number of rotatable bonds is 2. The fraction of sp³-hybridized carbons (Fsp3) is 0.333. The number of sulfonamides is 1. The molecule has 2 aliphatic rings. The van der Waals surface area contributed by atoms with E-state index in [1.165, 1.54) is 0 Å². The lowest BCUT2D eigenvalue weighted by Crippen LogP contribution is -2.43. The van der Waals surface area contributed by atoms with Crippen molar-refractivity contribution < 1.29 is 17.9 Å². The molecule has 0 amide bonds. The molecule has 2 heterocycles. The first kappa shape index (κ1) is 18.7. The Bertz CT molecular complexity index is 1080. The van der Waals surface area contributed by atoms with Gasteiger partial charge in [-0.1, -0.05) is 29.8 Å². The number of aryl methyl sites for hydroxylation is 2. The van der Waals surface area contributed by atoms with Crippen LogP contribution in [0.2, 0.25) is 0 Å². The quantitative estimate of drug-likeness (QED) is 0.574. The molecule has 0 spiro atoms. The smallest absolute Gasteiger partial charge is 0.316 e. The van der Waals surface area contributed by atoms with Crippen LogP contribution in [0, 0.1) is 19.8 Å². The summed E-state index contributed by atoms with van der Waals surface area (Å²) < 4.78 is 34.3. The molecule has 0 saturated carbocycles. The molecule has 2 aliphatic heterocycles. The van der Waals surface area contributed by atoms with E-state index in [0.717, 1.165) is 17.5 Å². The minimum absolute atomic E-state index is 0.227. The van der Waals surface area contributed by atoms with Crippen molar-refractivity contribution in [2.24, 2.45) is 10.3 Å². The summed E-state index contributed by atoms with van der Waals surface area (Å²) in [6, 6.07) is 12.5. The third-order valence-electron chi connectivity index (χ3n) is 5.21. The van der Waals surface area contributed by atoms with Crippen LogP contribution in [-0.4, -0.2) is 38.2 Å². The van der Waals surface area contributed by atoms with Crippen molar-refractivity contribution >= 4 is 21.8 Å². The van der Waals surface area contributed by atoms with E-state index >= 15 is 0 Å². The molecular weight excluding hydrogens is 376 g/mol. The number of ether oxygens (including phenoxy) is 1. The first-order chi connectivity index (χ1) is 13.3. The zero-order valence-corrected chi connectivity index (χ0v) is 16.7. The molecule has 1 atom stereocenters. The maximum atomic E-state index is 12.7. The van der Waals surface area contributed by atoms with Gasteiger partial charge in [-0.25, -0.2) is 0 Å². The van der Waals surface area contributed by atoms with E-state index in [2.05, 4.69) is 4.40 Å². The molecule has 0 aliphatic carbocycles. The largest absolute Gasteiger partial charge is 0.426 e. The zero-order chi connectivity index (χ0) is 19.9. The maximum Gasteiger partial charge on any atom is 0.316 e. The summed E-state index contributed by atoms with van der Waals surface area (Å²) in [4.78, 5) is 14.8. The van der Waals surface area contributed by atoms with Gasteiger partial charge in [-0.05, 0) is 50.5 Å². The van der Waals surface area contributed by atoms with Gasteiger partial charge >= 0.3 is 5.97 Å². The number of carbonyl (C=O) groups is 1. The highest BCUT2D eigenvalue weighted by molar-refractivity contribution is 7.90. The number of likely N-dealkylation sites (tertiary alicyclic amines) is 1. The lowest BCUT2D eigenvalue weighted by molar-refractivity contribution is -0.140. The molecule has 146 valence electrons. The van der Waals surface area contributed by atoms with Crippen LogP contribution >= 0.6 is 0 Å². The van der Waals surface area contributed by atoms with Gasteiger partial charge in [0.1, 0.15) is 10.6 Å². The molecule has 0 aromatic heterocycles. The van der Waals surface area contributed by atoms with Crippen molar-refractivity contribution in [3.05, 3.63) is 59.2 Å². The minimum atomic E-state index is -3.67. The van der Waals surface area contributed by atoms with Crippen molar-refractivity contribution in [1.29, 1.82) is 0 Å². The fourth-order valence-electron chi connectivity index (χ4n) is 3.78. The molecule has 2 aromatic rings. The SMILES string of the molecule is Cc1ccc(OC(=O)C2CCCN(C3=NS(=O)(=O)c4ccccc43)C2)c(C)c1. The van der Waals surface area contributed by atoms with Gasteiger partial charge in [0.25, 0.3) is 10.0 Å². The van der Waals surface area contributed by atoms with Gasteiger partial charge in [0.15, 0.2) is 5.84 Å². The predicted octanol–water partition coefficient (Wildman–Crippen LogP) is 3.07. The summed E-state index contributed by atoms with van der Waals surface area (Å²) >= 11 is 0. The fourth-order valence-corrected chi connectivity index (χ4v) is 5.01. The summed E-state index contributed by atoms with van der Waals surface area (Å²) in [5.41, 5.74) is 2.63. The Balaban J connectivity index is 1.53. The molecule has 0 N–H and O–H groups in total. The van der Waals surface area contributed by atoms with E-state index in [1.54, 1.807) is 24.3 Å². The Morgan fingerprint density at radius 3 is 2.75 bits per heavy atom. The second-order valence-electron chi connectivity index (χ2n) is 7.36. The van der Waals surface area contributed by atoms with E-state index in [-0.39, 0.29) is 16.8 Å². The van der Waals surface area contributed by atoms with Crippen molar-refractivity contribution in [2.75, 3.05) is 13.1 Å². The molecule has 4 rings (SSSR count). The van der Waals surface area contributed by atoms with Gasteiger partial charge in [-0.2, -0.15) is 8.42 Å². The molecule has 0 radical (unpaired) electrons. The minimum Gasteiger partial charge on any atom is -0.426 e. The van der Waals surface area contributed by atoms with Crippen LogP contribution in [-0.2, 0) is 14.8 Å². The molecule has 1 saturated heterocycles. The van der Waals surface area contributed by atoms with Crippen LogP contribution in [0.3, 0.4) is 0 Å². The average molecular weight is 398 g/mol. The molecule has 7 heteroatoms. The number of fused-ring (bicyclic) bond motifs is 1. The molecule has 1 fully saturated rings. The lowest BCUT2D eigenvalue weighted by Gasteiger charge is -2.33. The van der Waals surface area contributed by atoms with Crippen molar-refractivity contribution in [2.45, 2.75) is 31.6 Å². The summed E-state index contributed by atoms with van der Waals surface area (Å²) in [6.45, 7) is 4.96. The van der Waals surface area contributed by atoms with Crippen LogP contribution < -0.4 is 4.74 Å². The number of hydrogen-bond acceptors (Lipinski definition) is 5.